The van der Waals surface area contributed by atoms with Gasteiger partial charge in [-0.25, -0.2) is 4.98 Å². The van der Waals surface area contributed by atoms with Gasteiger partial charge in [-0.15, -0.1) is 11.3 Å². The summed E-state index contributed by atoms with van der Waals surface area (Å²) in [6, 6.07) is 16.5. The number of hydrogen-bond acceptors (Lipinski definition) is 5. The first-order chi connectivity index (χ1) is 11.8. The van der Waals surface area contributed by atoms with E-state index in [-0.39, 0.29) is 12.5 Å². The van der Waals surface area contributed by atoms with E-state index < -0.39 is 0 Å². The minimum Gasteiger partial charge on any atom is -0.484 e. The SMILES string of the molecule is O=C(COc1cccc(Oc2ccccn2)c1)NCc1cccs1. The first kappa shape index (κ1) is 16.0. The van der Waals surface area contributed by atoms with E-state index in [4.69, 9.17) is 9.47 Å². The summed E-state index contributed by atoms with van der Waals surface area (Å²) < 4.78 is 11.1. The van der Waals surface area contributed by atoms with E-state index in [0.717, 1.165) is 4.88 Å². The summed E-state index contributed by atoms with van der Waals surface area (Å²) in [7, 11) is 0. The van der Waals surface area contributed by atoms with Crippen LogP contribution in [0.5, 0.6) is 17.4 Å². The van der Waals surface area contributed by atoms with E-state index in [1.54, 1.807) is 47.9 Å². The zero-order valence-electron chi connectivity index (χ0n) is 12.8. The molecule has 122 valence electrons. The Kier molecular flexibility index (Phi) is 5.42. The quantitative estimate of drug-likeness (QED) is 0.713. The summed E-state index contributed by atoms with van der Waals surface area (Å²) in [6.07, 6.45) is 1.66. The van der Waals surface area contributed by atoms with Crippen molar-refractivity contribution < 1.29 is 14.3 Å². The summed E-state index contributed by atoms with van der Waals surface area (Å²) >= 11 is 1.60. The van der Waals surface area contributed by atoms with Gasteiger partial charge in [0.15, 0.2) is 6.61 Å². The highest BCUT2D eigenvalue weighted by molar-refractivity contribution is 7.09. The van der Waals surface area contributed by atoms with Crippen LogP contribution in [0.3, 0.4) is 0 Å². The Morgan fingerprint density at radius 2 is 2.00 bits per heavy atom. The number of hydrogen-bond donors (Lipinski definition) is 1. The monoisotopic (exact) mass is 340 g/mol. The van der Waals surface area contributed by atoms with Crippen molar-refractivity contribution in [3.05, 3.63) is 71.1 Å². The third-order valence-electron chi connectivity index (χ3n) is 3.08. The Morgan fingerprint density at radius 1 is 1.08 bits per heavy atom. The zero-order chi connectivity index (χ0) is 16.6. The summed E-state index contributed by atoms with van der Waals surface area (Å²) in [5.74, 6) is 1.50. The lowest BCUT2D eigenvalue weighted by atomic mass is 10.3. The molecule has 24 heavy (non-hydrogen) atoms. The van der Waals surface area contributed by atoms with Crippen molar-refractivity contribution in [1.82, 2.24) is 10.3 Å². The fourth-order valence-electron chi connectivity index (χ4n) is 1.95. The Morgan fingerprint density at radius 3 is 2.79 bits per heavy atom. The molecule has 0 bridgehead atoms. The van der Waals surface area contributed by atoms with Crippen molar-refractivity contribution in [1.29, 1.82) is 0 Å². The lowest BCUT2D eigenvalue weighted by molar-refractivity contribution is -0.123. The molecule has 0 spiro atoms. The Balaban J connectivity index is 1.50. The average molecular weight is 340 g/mol. The van der Waals surface area contributed by atoms with E-state index in [1.165, 1.54) is 0 Å². The summed E-state index contributed by atoms with van der Waals surface area (Å²) in [4.78, 5) is 17.0. The number of aromatic nitrogens is 1. The summed E-state index contributed by atoms with van der Waals surface area (Å²) in [6.45, 7) is 0.473. The highest BCUT2D eigenvalue weighted by Gasteiger charge is 2.05. The third-order valence-corrected chi connectivity index (χ3v) is 3.95. The largest absolute Gasteiger partial charge is 0.484 e. The summed E-state index contributed by atoms with van der Waals surface area (Å²) in [5, 5.41) is 4.79. The molecule has 2 heterocycles. The lowest BCUT2D eigenvalue weighted by Gasteiger charge is -2.09. The first-order valence-corrected chi connectivity index (χ1v) is 8.28. The minimum absolute atomic E-state index is 0.0432. The van der Waals surface area contributed by atoms with E-state index in [1.807, 2.05) is 29.6 Å². The van der Waals surface area contributed by atoms with Crippen LogP contribution in [0.2, 0.25) is 0 Å². The van der Waals surface area contributed by atoms with Gasteiger partial charge in [0.25, 0.3) is 5.91 Å². The normalized spacial score (nSPS) is 10.2. The molecular weight excluding hydrogens is 324 g/mol. The second-order valence-corrected chi connectivity index (χ2v) is 5.92. The first-order valence-electron chi connectivity index (χ1n) is 7.40. The molecule has 0 saturated heterocycles. The Labute approximate surface area is 143 Å². The van der Waals surface area contributed by atoms with Gasteiger partial charge in [-0.3, -0.25) is 4.79 Å². The van der Waals surface area contributed by atoms with Gasteiger partial charge in [-0.2, -0.15) is 0 Å². The molecule has 2 aromatic heterocycles. The van der Waals surface area contributed by atoms with E-state index >= 15 is 0 Å². The minimum atomic E-state index is -0.167. The van der Waals surface area contributed by atoms with Crippen molar-refractivity contribution in [2.24, 2.45) is 0 Å². The zero-order valence-corrected chi connectivity index (χ0v) is 13.7. The number of thiophene rings is 1. The molecule has 1 aromatic carbocycles. The highest BCUT2D eigenvalue weighted by Crippen LogP contribution is 2.23. The maximum atomic E-state index is 11.8. The molecule has 0 aliphatic rings. The van der Waals surface area contributed by atoms with Crippen LogP contribution in [0.4, 0.5) is 0 Å². The van der Waals surface area contributed by atoms with Crippen LogP contribution < -0.4 is 14.8 Å². The number of nitrogens with one attached hydrogen (secondary N) is 1. The molecule has 1 N–H and O–H groups in total. The number of amides is 1. The van der Waals surface area contributed by atoms with Crippen LogP contribution in [-0.4, -0.2) is 17.5 Å². The van der Waals surface area contributed by atoms with Gasteiger partial charge in [0.1, 0.15) is 11.5 Å². The summed E-state index contributed by atoms with van der Waals surface area (Å²) in [5.41, 5.74) is 0. The van der Waals surface area contributed by atoms with Crippen LogP contribution >= 0.6 is 11.3 Å². The number of ether oxygens (including phenoxy) is 2. The van der Waals surface area contributed by atoms with Crippen molar-refractivity contribution in [3.8, 4) is 17.4 Å². The second kappa shape index (κ2) is 8.12. The predicted molar refractivity (Wildman–Crippen MR) is 92.4 cm³/mol. The highest BCUT2D eigenvalue weighted by atomic mass is 32.1. The maximum Gasteiger partial charge on any atom is 0.258 e. The van der Waals surface area contributed by atoms with Gasteiger partial charge >= 0.3 is 0 Å². The van der Waals surface area contributed by atoms with Crippen molar-refractivity contribution >= 4 is 17.2 Å². The lowest BCUT2D eigenvalue weighted by Crippen LogP contribution is -2.28. The van der Waals surface area contributed by atoms with Gasteiger partial charge in [-0.1, -0.05) is 18.2 Å². The fraction of sp³-hybridized carbons (Fsp3) is 0.111. The van der Waals surface area contributed by atoms with Crippen LogP contribution in [0.25, 0.3) is 0 Å². The fourth-order valence-corrected chi connectivity index (χ4v) is 2.60. The van der Waals surface area contributed by atoms with E-state index in [0.29, 0.717) is 23.9 Å². The number of pyridine rings is 1. The second-order valence-electron chi connectivity index (χ2n) is 4.89. The molecule has 0 atom stereocenters. The smallest absolute Gasteiger partial charge is 0.258 e. The van der Waals surface area contributed by atoms with Crippen LogP contribution in [-0.2, 0) is 11.3 Å². The molecule has 3 aromatic rings. The topological polar surface area (TPSA) is 60.5 Å². The average Bonchev–Trinajstić information content (AvgIpc) is 3.13. The Hall–Kier alpha value is -2.86. The molecule has 0 radical (unpaired) electrons. The van der Waals surface area contributed by atoms with Crippen molar-refractivity contribution in [3.63, 3.8) is 0 Å². The molecule has 0 aliphatic heterocycles. The standard InChI is InChI=1S/C18H16N2O3S/c21-17(20-12-16-7-4-10-24-16)13-22-14-5-3-6-15(11-14)23-18-8-1-2-9-19-18/h1-11H,12-13H2,(H,20,21). The third kappa shape index (κ3) is 4.82. The van der Waals surface area contributed by atoms with Crippen LogP contribution in [0.15, 0.2) is 66.2 Å². The molecule has 5 nitrogen and oxygen atoms in total. The maximum absolute atomic E-state index is 11.8. The number of rotatable bonds is 7. The van der Waals surface area contributed by atoms with Gasteiger partial charge < -0.3 is 14.8 Å². The number of carbonyl (C=O) groups excluding carboxylic acids is 1. The molecule has 0 aliphatic carbocycles. The molecule has 3 rings (SSSR count). The van der Waals surface area contributed by atoms with Gasteiger partial charge in [0, 0.05) is 23.2 Å². The number of nitrogens with zero attached hydrogens (tertiary/aromatic N) is 1. The molecule has 0 saturated carbocycles. The molecule has 0 unspecified atom stereocenters. The Bertz CT molecular complexity index is 776. The van der Waals surface area contributed by atoms with Gasteiger partial charge in [0.05, 0.1) is 6.54 Å². The van der Waals surface area contributed by atoms with Crippen LogP contribution in [0, 0.1) is 0 Å². The molecule has 1 amide bonds. The predicted octanol–water partition coefficient (Wildman–Crippen LogP) is 3.63. The number of benzene rings is 1. The van der Waals surface area contributed by atoms with Crippen LogP contribution in [0.1, 0.15) is 4.88 Å². The van der Waals surface area contributed by atoms with Gasteiger partial charge in [-0.05, 0) is 29.6 Å². The van der Waals surface area contributed by atoms with Crippen molar-refractivity contribution in [2.45, 2.75) is 6.54 Å². The molecular formula is C18H16N2O3S. The van der Waals surface area contributed by atoms with E-state index in [2.05, 4.69) is 10.3 Å². The van der Waals surface area contributed by atoms with Crippen molar-refractivity contribution in [2.75, 3.05) is 6.61 Å². The molecule has 0 fully saturated rings. The van der Waals surface area contributed by atoms with Gasteiger partial charge in [0.2, 0.25) is 5.88 Å². The molecule has 6 heteroatoms. The number of carbonyl (C=O) groups is 1. The van der Waals surface area contributed by atoms with E-state index in [9.17, 15) is 4.79 Å².